The van der Waals surface area contributed by atoms with E-state index in [9.17, 15) is 9.59 Å². The van der Waals surface area contributed by atoms with Crippen molar-refractivity contribution in [3.63, 3.8) is 0 Å². The normalized spacial score (nSPS) is 10.3. The van der Waals surface area contributed by atoms with E-state index in [0.717, 1.165) is 5.56 Å². The molecule has 7 heteroatoms. The van der Waals surface area contributed by atoms with Crippen LogP contribution in [0.4, 0.5) is 11.4 Å². The van der Waals surface area contributed by atoms with Crippen LogP contribution in [-0.2, 0) is 9.59 Å². The molecule has 0 radical (unpaired) electrons. The van der Waals surface area contributed by atoms with Gasteiger partial charge in [-0.05, 0) is 42.8 Å². The highest BCUT2D eigenvalue weighted by molar-refractivity contribution is 6.36. The van der Waals surface area contributed by atoms with Crippen LogP contribution in [0.25, 0.3) is 0 Å². The second-order valence-electron chi connectivity index (χ2n) is 4.81. The summed E-state index contributed by atoms with van der Waals surface area (Å²) in [5.74, 6) is -0.927. The summed E-state index contributed by atoms with van der Waals surface area (Å²) < 4.78 is 0. The maximum atomic E-state index is 11.9. The smallest absolute Gasteiger partial charge is 0.233 e. The lowest BCUT2D eigenvalue weighted by atomic mass is 10.2. The van der Waals surface area contributed by atoms with Crippen LogP contribution in [0.2, 0.25) is 15.1 Å². The highest BCUT2D eigenvalue weighted by Crippen LogP contribution is 2.26. The van der Waals surface area contributed by atoms with Crippen LogP contribution < -0.4 is 10.6 Å². The van der Waals surface area contributed by atoms with Crippen molar-refractivity contribution >= 4 is 58.0 Å². The van der Waals surface area contributed by atoms with Gasteiger partial charge in [0.15, 0.2) is 0 Å². The maximum absolute atomic E-state index is 11.9. The average molecular weight is 372 g/mol. The summed E-state index contributed by atoms with van der Waals surface area (Å²) in [7, 11) is 0. The van der Waals surface area contributed by atoms with Gasteiger partial charge in [0, 0.05) is 15.7 Å². The molecule has 0 fully saturated rings. The molecule has 2 aromatic carbocycles. The largest absolute Gasteiger partial charge is 0.325 e. The Morgan fingerprint density at radius 2 is 1.57 bits per heavy atom. The maximum Gasteiger partial charge on any atom is 0.233 e. The van der Waals surface area contributed by atoms with E-state index < -0.39 is 11.8 Å². The molecule has 0 aliphatic heterocycles. The van der Waals surface area contributed by atoms with Crippen molar-refractivity contribution in [3.8, 4) is 0 Å². The van der Waals surface area contributed by atoms with Gasteiger partial charge >= 0.3 is 0 Å². The van der Waals surface area contributed by atoms with Gasteiger partial charge in [-0.2, -0.15) is 0 Å². The van der Waals surface area contributed by atoms with Gasteiger partial charge in [0.25, 0.3) is 0 Å². The molecule has 120 valence electrons. The summed E-state index contributed by atoms with van der Waals surface area (Å²) in [6.45, 7) is 1.78. The minimum absolute atomic E-state index is 0.303. The van der Waals surface area contributed by atoms with Gasteiger partial charge in [-0.3, -0.25) is 9.59 Å². The first-order valence-electron chi connectivity index (χ1n) is 6.66. The molecule has 2 N–H and O–H groups in total. The number of carbonyl (C=O) groups is 2. The molecular weight excluding hydrogens is 359 g/mol. The number of amides is 2. The molecule has 2 amide bonds. The Morgan fingerprint density at radius 3 is 2.22 bits per heavy atom. The minimum atomic E-state index is -0.480. The van der Waals surface area contributed by atoms with Crippen molar-refractivity contribution in [2.45, 2.75) is 13.3 Å². The Balaban J connectivity index is 1.97. The fourth-order valence-electron chi connectivity index (χ4n) is 1.87. The molecule has 2 aromatic rings. The summed E-state index contributed by atoms with van der Waals surface area (Å²) in [5, 5.41) is 6.52. The second kappa shape index (κ2) is 7.68. The zero-order valence-corrected chi connectivity index (χ0v) is 14.4. The Kier molecular flexibility index (Phi) is 5.88. The molecule has 0 bridgehead atoms. The van der Waals surface area contributed by atoms with E-state index >= 15 is 0 Å². The molecule has 0 saturated heterocycles. The molecule has 0 aliphatic rings. The fraction of sp³-hybridized carbons (Fsp3) is 0.125. The van der Waals surface area contributed by atoms with Crippen molar-refractivity contribution in [2.75, 3.05) is 10.6 Å². The molecule has 0 unspecified atom stereocenters. The first-order valence-corrected chi connectivity index (χ1v) is 7.80. The van der Waals surface area contributed by atoms with E-state index in [4.69, 9.17) is 34.8 Å². The monoisotopic (exact) mass is 370 g/mol. The zero-order chi connectivity index (χ0) is 17.0. The predicted molar refractivity (Wildman–Crippen MR) is 94.5 cm³/mol. The number of benzene rings is 2. The molecule has 0 aliphatic carbocycles. The number of halogens is 3. The van der Waals surface area contributed by atoms with Crippen LogP contribution in [-0.4, -0.2) is 11.8 Å². The van der Waals surface area contributed by atoms with Crippen LogP contribution in [0.1, 0.15) is 12.0 Å². The van der Waals surface area contributed by atoms with Gasteiger partial charge in [0.1, 0.15) is 6.42 Å². The van der Waals surface area contributed by atoms with Crippen molar-refractivity contribution in [1.82, 2.24) is 0 Å². The number of nitrogens with one attached hydrogen (secondary N) is 2. The van der Waals surface area contributed by atoms with Crippen LogP contribution in [0.15, 0.2) is 36.4 Å². The molecule has 0 heterocycles. The van der Waals surface area contributed by atoms with Gasteiger partial charge in [-0.1, -0.05) is 40.9 Å². The Morgan fingerprint density at radius 1 is 0.913 bits per heavy atom. The zero-order valence-electron chi connectivity index (χ0n) is 12.1. The lowest BCUT2D eigenvalue weighted by Gasteiger charge is -2.10. The minimum Gasteiger partial charge on any atom is -0.325 e. The molecule has 2 rings (SSSR count). The lowest BCUT2D eigenvalue weighted by Crippen LogP contribution is -2.21. The molecule has 0 atom stereocenters. The van der Waals surface area contributed by atoms with Crippen molar-refractivity contribution in [3.05, 3.63) is 57.0 Å². The first kappa shape index (κ1) is 17.6. The number of carbonyl (C=O) groups excluding carboxylic acids is 2. The summed E-state index contributed by atoms with van der Waals surface area (Å²) in [6, 6.07) is 9.83. The van der Waals surface area contributed by atoms with E-state index in [-0.39, 0.29) is 6.42 Å². The summed E-state index contributed by atoms with van der Waals surface area (Å²) in [4.78, 5) is 23.9. The van der Waals surface area contributed by atoms with Gasteiger partial charge < -0.3 is 10.6 Å². The fourth-order valence-corrected chi connectivity index (χ4v) is 2.50. The number of anilines is 2. The van der Waals surface area contributed by atoms with Crippen LogP contribution >= 0.6 is 34.8 Å². The molecule has 0 saturated carbocycles. The van der Waals surface area contributed by atoms with Crippen molar-refractivity contribution in [1.29, 1.82) is 0 Å². The third-order valence-corrected chi connectivity index (χ3v) is 4.03. The summed E-state index contributed by atoms with van der Waals surface area (Å²) >= 11 is 17.7. The van der Waals surface area contributed by atoms with Crippen molar-refractivity contribution in [2.24, 2.45) is 0 Å². The van der Waals surface area contributed by atoms with Crippen LogP contribution in [0.5, 0.6) is 0 Å². The standard InChI is InChI=1S/C16H13Cl3N2O2/c1-9-11(18)3-2-4-13(9)20-15(22)8-16(23)21-14-6-5-10(17)7-12(14)19/h2-7H,8H2,1H3,(H,20,22)(H,21,23). The molecule has 4 nitrogen and oxygen atoms in total. The number of rotatable bonds is 4. The molecule has 0 aromatic heterocycles. The summed E-state index contributed by atoms with van der Waals surface area (Å²) in [6.07, 6.45) is -0.342. The van der Waals surface area contributed by atoms with Gasteiger partial charge in [0.05, 0.1) is 10.7 Å². The van der Waals surface area contributed by atoms with E-state index in [1.54, 1.807) is 37.3 Å². The SMILES string of the molecule is Cc1c(Cl)cccc1NC(=O)CC(=O)Nc1ccc(Cl)cc1Cl. The third-order valence-electron chi connectivity index (χ3n) is 3.07. The molecular formula is C16H13Cl3N2O2. The number of hydrogen-bond acceptors (Lipinski definition) is 2. The van der Waals surface area contributed by atoms with E-state index in [2.05, 4.69) is 10.6 Å². The lowest BCUT2D eigenvalue weighted by molar-refractivity contribution is -0.123. The van der Waals surface area contributed by atoms with Gasteiger partial charge in [0.2, 0.25) is 11.8 Å². The predicted octanol–water partition coefficient (Wildman–Crippen LogP) is 4.92. The quantitative estimate of drug-likeness (QED) is 0.749. The second-order valence-corrected chi connectivity index (χ2v) is 6.06. The highest BCUT2D eigenvalue weighted by Gasteiger charge is 2.13. The van der Waals surface area contributed by atoms with Gasteiger partial charge in [-0.25, -0.2) is 0 Å². The van der Waals surface area contributed by atoms with Crippen molar-refractivity contribution < 1.29 is 9.59 Å². The molecule has 0 spiro atoms. The Labute approximate surface area is 148 Å². The first-order chi connectivity index (χ1) is 10.9. The number of hydrogen-bond donors (Lipinski definition) is 2. The Hall–Kier alpha value is -1.75. The van der Waals surface area contributed by atoms with Crippen LogP contribution in [0, 0.1) is 6.92 Å². The average Bonchev–Trinajstić information content (AvgIpc) is 2.47. The van der Waals surface area contributed by atoms with E-state index in [1.165, 1.54) is 6.07 Å². The van der Waals surface area contributed by atoms with Gasteiger partial charge in [-0.15, -0.1) is 0 Å². The Bertz CT molecular complexity index is 763. The molecule has 23 heavy (non-hydrogen) atoms. The van der Waals surface area contributed by atoms with E-state index in [0.29, 0.717) is 26.4 Å². The summed E-state index contributed by atoms with van der Waals surface area (Å²) in [5.41, 5.74) is 1.70. The third kappa shape index (κ3) is 4.86. The van der Waals surface area contributed by atoms with E-state index in [1.807, 2.05) is 0 Å². The highest BCUT2D eigenvalue weighted by atomic mass is 35.5. The van der Waals surface area contributed by atoms with Crippen LogP contribution in [0.3, 0.4) is 0 Å². The topological polar surface area (TPSA) is 58.2 Å².